The summed E-state index contributed by atoms with van der Waals surface area (Å²) in [6.45, 7) is 5.85. The number of aryl methyl sites for hydroxylation is 1. The standard InChI is InChI=1S/C15H18N4O2/c1-9-3-4-17-14-12(9)11(8-18-14)13(20)15(21)19-6-5-16-7-10(19)2/h3-4,8,10,16H,5-7H2,1-2H3,(H,17,18)/t10-/m1/s1. The first kappa shape index (κ1) is 13.8. The summed E-state index contributed by atoms with van der Waals surface area (Å²) >= 11 is 0. The van der Waals surface area contributed by atoms with Gasteiger partial charge in [0.15, 0.2) is 0 Å². The normalized spacial score (nSPS) is 19.0. The van der Waals surface area contributed by atoms with Crippen molar-refractivity contribution in [1.29, 1.82) is 0 Å². The molecule has 0 aromatic carbocycles. The van der Waals surface area contributed by atoms with E-state index in [-0.39, 0.29) is 6.04 Å². The Morgan fingerprint density at radius 3 is 3.00 bits per heavy atom. The Balaban J connectivity index is 1.95. The minimum atomic E-state index is -0.467. The van der Waals surface area contributed by atoms with Gasteiger partial charge in [-0.3, -0.25) is 9.59 Å². The van der Waals surface area contributed by atoms with E-state index < -0.39 is 11.7 Å². The van der Waals surface area contributed by atoms with Crippen molar-refractivity contribution in [2.45, 2.75) is 19.9 Å². The Bertz CT molecular complexity index is 707. The van der Waals surface area contributed by atoms with E-state index in [1.165, 1.54) is 0 Å². The molecule has 0 radical (unpaired) electrons. The lowest BCUT2D eigenvalue weighted by Gasteiger charge is -2.33. The second kappa shape index (κ2) is 5.29. The van der Waals surface area contributed by atoms with Crippen LogP contribution >= 0.6 is 0 Å². The van der Waals surface area contributed by atoms with Crippen molar-refractivity contribution in [3.05, 3.63) is 29.6 Å². The Hall–Kier alpha value is -2.21. The predicted octanol–water partition coefficient (Wildman–Crippen LogP) is 0.874. The van der Waals surface area contributed by atoms with Crippen LogP contribution in [-0.4, -0.2) is 52.2 Å². The van der Waals surface area contributed by atoms with Gasteiger partial charge in [0.2, 0.25) is 0 Å². The highest BCUT2D eigenvalue weighted by atomic mass is 16.2. The second-order valence-electron chi connectivity index (χ2n) is 5.43. The number of aromatic amines is 1. The highest BCUT2D eigenvalue weighted by Crippen LogP contribution is 2.21. The number of aromatic nitrogens is 2. The fraction of sp³-hybridized carbons (Fsp3) is 0.400. The van der Waals surface area contributed by atoms with Crippen molar-refractivity contribution >= 4 is 22.7 Å². The van der Waals surface area contributed by atoms with E-state index in [4.69, 9.17) is 0 Å². The fourth-order valence-electron chi connectivity index (χ4n) is 2.79. The van der Waals surface area contributed by atoms with Crippen LogP contribution in [0.5, 0.6) is 0 Å². The SMILES string of the molecule is Cc1ccnc2[nH]cc(C(=O)C(=O)N3CCNC[C@H]3C)c12. The monoisotopic (exact) mass is 286 g/mol. The van der Waals surface area contributed by atoms with Crippen molar-refractivity contribution in [2.75, 3.05) is 19.6 Å². The average Bonchev–Trinajstić information content (AvgIpc) is 2.92. The smallest absolute Gasteiger partial charge is 0.295 e. The number of Topliss-reactive ketones (excluding diaryl/α,β-unsaturated/α-hetero) is 1. The van der Waals surface area contributed by atoms with Gasteiger partial charge in [-0.15, -0.1) is 0 Å². The predicted molar refractivity (Wildman–Crippen MR) is 79.2 cm³/mol. The molecular formula is C15H18N4O2. The second-order valence-corrected chi connectivity index (χ2v) is 5.43. The molecule has 0 unspecified atom stereocenters. The number of fused-ring (bicyclic) bond motifs is 1. The number of carbonyl (C=O) groups is 2. The number of piperazine rings is 1. The first-order chi connectivity index (χ1) is 10.1. The molecule has 0 saturated carbocycles. The van der Waals surface area contributed by atoms with Crippen LogP contribution in [0.15, 0.2) is 18.5 Å². The van der Waals surface area contributed by atoms with Gasteiger partial charge in [-0.25, -0.2) is 4.98 Å². The molecular weight excluding hydrogens is 268 g/mol. The van der Waals surface area contributed by atoms with Crippen LogP contribution in [0.2, 0.25) is 0 Å². The Kier molecular flexibility index (Phi) is 3.47. The summed E-state index contributed by atoms with van der Waals surface area (Å²) in [5, 5.41) is 3.95. The van der Waals surface area contributed by atoms with Gasteiger partial charge in [0.1, 0.15) is 5.65 Å². The molecule has 1 aliphatic rings. The summed E-state index contributed by atoms with van der Waals surface area (Å²) in [7, 11) is 0. The summed E-state index contributed by atoms with van der Waals surface area (Å²) in [5.41, 5.74) is 1.98. The molecule has 2 aromatic heterocycles. The third kappa shape index (κ3) is 2.31. The molecule has 0 spiro atoms. The van der Waals surface area contributed by atoms with Gasteiger partial charge in [-0.2, -0.15) is 0 Å². The topological polar surface area (TPSA) is 78.1 Å². The van der Waals surface area contributed by atoms with E-state index in [0.29, 0.717) is 24.3 Å². The zero-order valence-corrected chi connectivity index (χ0v) is 12.1. The van der Waals surface area contributed by atoms with E-state index in [0.717, 1.165) is 17.5 Å². The summed E-state index contributed by atoms with van der Waals surface area (Å²) in [6, 6.07) is 1.87. The quantitative estimate of drug-likeness (QED) is 0.634. The summed E-state index contributed by atoms with van der Waals surface area (Å²) in [5.74, 6) is -0.903. The third-order valence-electron chi connectivity index (χ3n) is 3.98. The molecule has 1 fully saturated rings. The van der Waals surface area contributed by atoms with Gasteiger partial charge in [0, 0.05) is 43.5 Å². The lowest BCUT2D eigenvalue weighted by atomic mass is 10.1. The number of nitrogens with zero attached hydrogens (tertiary/aromatic N) is 2. The third-order valence-corrected chi connectivity index (χ3v) is 3.98. The summed E-state index contributed by atoms with van der Waals surface area (Å²) < 4.78 is 0. The van der Waals surface area contributed by atoms with Gasteiger partial charge >= 0.3 is 0 Å². The highest BCUT2D eigenvalue weighted by molar-refractivity contribution is 6.45. The highest BCUT2D eigenvalue weighted by Gasteiger charge is 2.30. The van der Waals surface area contributed by atoms with Gasteiger partial charge in [0.25, 0.3) is 11.7 Å². The number of nitrogens with one attached hydrogen (secondary N) is 2. The average molecular weight is 286 g/mol. The van der Waals surface area contributed by atoms with Gasteiger partial charge < -0.3 is 15.2 Å². The largest absolute Gasteiger partial charge is 0.345 e. The zero-order valence-electron chi connectivity index (χ0n) is 12.1. The lowest BCUT2D eigenvalue weighted by Crippen LogP contribution is -2.54. The molecule has 6 nitrogen and oxygen atoms in total. The van der Waals surface area contributed by atoms with Gasteiger partial charge in [-0.1, -0.05) is 0 Å². The minimum Gasteiger partial charge on any atom is -0.345 e. The van der Waals surface area contributed by atoms with E-state index in [1.54, 1.807) is 17.3 Å². The Labute approximate surface area is 122 Å². The minimum absolute atomic E-state index is 0.0274. The van der Waals surface area contributed by atoms with Crippen LogP contribution in [0.1, 0.15) is 22.8 Å². The van der Waals surface area contributed by atoms with E-state index in [9.17, 15) is 9.59 Å². The Morgan fingerprint density at radius 2 is 2.24 bits per heavy atom. The van der Waals surface area contributed by atoms with Crippen LogP contribution < -0.4 is 5.32 Å². The molecule has 0 aliphatic carbocycles. The van der Waals surface area contributed by atoms with Crippen LogP contribution in [-0.2, 0) is 4.79 Å². The molecule has 3 rings (SSSR count). The number of hydrogen-bond donors (Lipinski definition) is 2. The molecule has 3 heterocycles. The summed E-state index contributed by atoms with van der Waals surface area (Å²) in [6.07, 6.45) is 3.26. The maximum atomic E-state index is 12.6. The van der Waals surface area contributed by atoms with Crippen LogP contribution in [0.4, 0.5) is 0 Å². The van der Waals surface area contributed by atoms with E-state index in [2.05, 4.69) is 15.3 Å². The van der Waals surface area contributed by atoms with Crippen LogP contribution in [0.3, 0.4) is 0 Å². The molecule has 1 aliphatic heterocycles. The number of rotatable bonds is 2. The zero-order chi connectivity index (χ0) is 15.0. The summed E-state index contributed by atoms with van der Waals surface area (Å²) in [4.78, 5) is 33.8. The fourth-order valence-corrected chi connectivity index (χ4v) is 2.79. The number of pyridine rings is 1. The van der Waals surface area contributed by atoms with Crippen LogP contribution in [0.25, 0.3) is 11.0 Å². The van der Waals surface area contributed by atoms with Crippen molar-refractivity contribution < 1.29 is 9.59 Å². The number of amides is 1. The molecule has 110 valence electrons. The molecule has 1 saturated heterocycles. The van der Waals surface area contributed by atoms with Crippen LogP contribution in [0, 0.1) is 6.92 Å². The molecule has 2 aromatic rings. The van der Waals surface area contributed by atoms with Crippen molar-refractivity contribution in [3.8, 4) is 0 Å². The molecule has 21 heavy (non-hydrogen) atoms. The van der Waals surface area contributed by atoms with Gasteiger partial charge in [0.05, 0.1) is 5.56 Å². The van der Waals surface area contributed by atoms with Crippen molar-refractivity contribution in [3.63, 3.8) is 0 Å². The van der Waals surface area contributed by atoms with Crippen molar-refractivity contribution in [2.24, 2.45) is 0 Å². The van der Waals surface area contributed by atoms with Crippen molar-refractivity contribution in [1.82, 2.24) is 20.2 Å². The van der Waals surface area contributed by atoms with E-state index >= 15 is 0 Å². The molecule has 0 bridgehead atoms. The molecule has 1 amide bonds. The maximum absolute atomic E-state index is 12.6. The Morgan fingerprint density at radius 1 is 1.43 bits per heavy atom. The first-order valence-corrected chi connectivity index (χ1v) is 7.08. The lowest BCUT2D eigenvalue weighted by molar-refractivity contribution is -0.129. The number of H-pyrrole nitrogens is 1. The maximum Gasteiger partial charge on any atom is 0.295 e. The molecule has 6 heteroatoms. The van der Waals surface area contributed by atoms with E-state index in [1.807, 2.05) is 19.9 Å². The molecule has 2 N–H and O–H groups in total. The number of hydrogen-bond acceptors (Lipinski definition) is 4. The number of carbonyl (C=O) groups excluding carboxylic acids is 2. The number of ketones is 1. The first-order valence-electron chi connectivity index (χ1n) is 7.08. The van der Waals surface area contributed by atoms with Gasteiger partial charge in [-0.05, 0) is 25.5 Å². The molecule has 1 atom stereocenters.